The quantitative estimate of drug-likeness (QED) is 0.156. The number of carboxylic acids is 4. The summed E-state index contributed by atoms with van der Waals surface area (Å²) < 4.78 is 0. The Labute approximate surface area is 220 Å². The third-order valence-corrected chi connectivity index (χ3v) is 2.55. The topological polar surface area (TPSA) is 297 Å². The van der Waals surface area contributed by atoms with Gasteiger partial charge in [0.25, 0.3) is 0 Å². The van der Waals surface area contributed by atoms with Crippen LogP contribution in [0.1, 0.15) is 53.4 Å². The average Bonchev–Trinajstić information content (AvgIpc) is 2.67. The number of Topliss-reactive ketones (excluding diaryl/α,β-unsaturated/α-hetero) is 8. The fraction of sp³-hybridized carbons (Fsp3) is 0.400. The molecule has 0 atom stereocenters. The van der Waals surface area contributed by atoms with Gasteiger partial charge >= 0.3 is 18.6 Å². The summed E-state index contributed by atoms with van der Waals surface area (Å²) in [5, 5.41) is 38.5. The van der Waals surface area contributed by atoms with Crippen molar-refractivity contribution in [1.82, 2.24) is 0 Å². The molecule has 0 rings (SSSR count). The van der Waals surface area contributed by atoms with Crippen molar-refractivity contribution in [3.63, 3.8) is 0 Å². The first-order chi connectivity index (χ1) is 16.1. The van der Waals surface area contributed by atoms with E-state index in [0.717, 1.165) is 27.7 Å². The molecule has 0 aliphatic rings. The van der Waals surface area contributed by atoms with Crippen LogP contribution >= 0.6 is 0 Å². The number of hydrogen-bond donors (Lipinski definition) is 0. The van der Waals surface area contributed by atoms with Crippen LogP contribution in [0.25, 0.3) is 0 Å². The van der Waals surface area contributed by atoms with Gasteiger partial charge in [-0.2, -0.15) is 0 Å². The van der Waals surface area contributed by atoms with Gasteiger partial charge in [-0.15, -0.1) is 0 Å². The number of rotatable bonds is 12. The molecule has 0 aromatic carbocycles. The van der Waals surface area contributed by atoms with Gasteiger partial charge in [-0.25, -0.2) is 0 Å². The minimum Gasteiger partial charge on any atom is -0.542 e. The van der Waals surface area contributed by atoms with Gasteiger partial charge < -0.3 is 39.6 Å². The van der Waals surface area contributed by atoms with Crippen molar-refractivity contribution in [3.05, 3.63) is 0 Å². The van der Waals surface area contributed by atoms with E-state index in [0.29, 0.717) is 0 Å². The summed E-state index contributed by atoms with van der Waals surface area (Å²) in [5.74, 6) is -13.7. The van der Waals surface area contributed by atoms with E-state index >= 15 is 0 Å². The molecule has 17 heteroatoms. The largest absolute Gasteiger partial charge is 4.00 e. The zero-order valence-corrected chi connectivity index (χ0v) is 21.2. The van der Waals surface area contributed by atoms with Crippen LogP contribution in [0.15, 0.2) is 0 Å². The predicted molar refractivity (Wildman–Crippen MR) is 101 cm³/mol. The van der Waals surface area contributed by atoms with Crippen LogP contribution in [-0.2, 0) is 76.1 Å². The molecule has 1 radical (unpaired) electrons. The van der Waals surface area contributed by atoms with Gasteiger partial charge in [0.1, 0.15) is 47.0 Å². The summed E-state index contributed by atoms with van der Waals surface area (Å²) in [7, 11) is 0. The summed E-state index contributed by atoms with van der Waals surface area (Å²) >= 11 is 0. The molecule has 0 saturated heterocycles. The molecule has 0 N–H and O–H groups in total. The fourth-order valence-electron chi connectivity index (χ4n) is 1.19. The maximum absolute atomic E-state index is 10.1. The zero-order valence-electron chi connectivity index (χ0n) is 19.8. The van der Waals surface area contributed by atoms with Crippen LogP contribution in [0.4, 0.5) is 0 Å². The number of ketones is 8. The molecule has 0 aromatic rings. The van der Waals surface area contributed by atoms with Crippen LogP contribution in [0.5, 0.6) is 0 Å². The smallest absolute Gasteiger partial charge is 0.542 e. The number of carboxylic acid groups (broad SMARTS) is 4. The van der Waals surface area contributed by atoms with Gasteiger partial charge in [0.15, 0.2) is 23.1 Å². The summed E-state index contributed by atoms with van der Waals surface area (Å²) in [6, 6.07) is 0. The molecule has 16 nitrogen and oxygen atoms in total. The predicted octanol–water partition coefficient (Wildman–Crippen LogP) is -6.86. The van der Waals surface area contributed by atoms with Crippen molar-refractivity contribution in [1.29, 1.82) is 0 Å². The number of carbonyl (C=O) groups excluding carboxylic acids is 12. The summed E-state index contributed by atoms with van der Waals surface area (Å²) in [6.45, 7) is 4.56. The Morgan fingerprint density at radius 3 is 0.486 bits per heavy atom. The molecule has 0 saturated carbocycles. The van der Waals surface area contributed by atoms with Gasteiger partial charge in [0.2, 0.25) is 0 Å². The van der Waals surface area contributed by atoms with Crippen molar-refractivity contribution in [2.45, 2.75) is 53.4 Å². The minimum absolute atomic E-state index is 0. The Morgan fingerprint density at radius 2 is 0.459 bits per heavy atom. The van der Waals surface area contributed by atoms with Crippen LogP contribution < -0.4 is 20.4 Å². The molecule has 0 aromatic heterocycles. The van der Waals surface area contributed by atoms with Gasteiger partial charge in [-0.1, -0.05) is 0 Å². The summed E-state index contributed by atoms with van der Waals surface area (Å²) in [5.41, 5.74) is 0. The Morgan fingerprint density at radius 1 is 0.351 bits per heavy atom. The van der Waals surface area contributed by atoms with Crippen molar-refractivity contribution in [2.75, 3.05) is 0 Å². The molecule has 37 heavy (non-hydrogen) atoms. The summed E-state index contributed by atoms with van der Waals surface area (Å²) in [4.78, 5) is 119. The maximum atomic E-state index is 10.1. The molecule has 0 unspecified atom stereocenters. The number of hydrogen-bond acceptors (Lipinski definition) is 16. The van der Waals surface area contributed by atoms with Crippen LogP contribution in [0.3, 0.4) is 0 Å². The molecule has 0 fully saturated rings. The molecular weight excluding hydrogens is 547 g/mol. The van der Waals surface area contributed by atoms with Gasteiger partial charge in [0, 0.05) is 0 Å². The van der Waals surface area contributed by atoms with Crippen LogP contribution in [0.2, 0.25) is 0 Å². The SMILES string of the molecule is CC(=O)CC(=O)C(=O)[O-].CC(=O)CC(=O)C(=O)[O-].CC(=O)CC(=O)C(=O)[O-].CC(=O)CC(=O)C(=O)[O-].[V+4]. The van der Waals surface area contributed by atoms with E-state index in [1.54, 1.807) is 0 Å². The van der Waals surface area contributed by atoms with E-state index < -0.39 is 95.8 Å². The van der Waals surface area contributed by atoms with Crippen molar-refractivity contribution < 1.29 is 96.5 Å². The van der Waals surface area contributed by atoms with E-state index in [-0.39, 0.29) is 18.6 Å². The standard InChI is InChI=1S/4C5H6O4.V/c4*1-3(6)2-4(7)5(8)9;/h4*2H2,1H3,(H,8,9);/q;;;;+4/p-4. The van der Waals surface area contributed by atoms with Crippen molar-refractivity contribution >= 4 is 70.1 Å². The molecule has 0 heterocycles. The molecule has 201 valence electrons. The summed E-state index contributed by atoms with van der Waals surface area (Å²) in [6.07, 6.45) is -2.27. The van der Waals surface area contributed by atoms with Crippen LogP contribution in [-0.4, -0.2) is 70.1 Å². The van der Waals surface area contributed by atoms with Gasteiger partial charge in [0.05, 0.1) is 25.7 Å². The zero-order chi connectivity index (χ0) is 29.8. The first-order valence-electron chi connectivity index (χ1n) is 9.09. The first-order valence-corrected chi connectivity index (χ1v) is 9.09. The van der Waals surface area contributed by atoms with E-state index in [1.165, 1.54) is 0 Å². The first kappa shape index (κ1) is 42.9. The van der Waals surface area contributed by atoms with Crippen molar-refractivity contribution in [2.24, 2.45) is 0 Å². The third kappa shape index (κ3) is 36.6. The Hall–Kier alpha value is -4.18. The number of aliphatic carboxylic acids is 4. The average molecular weight is 567 g/mol. The molecule has 0 spiro atoms. The van der Waals surface area contributed by atoms with E-state index in [2.05, 4.69) is 0 Å². The minimum atomic E-state index is -1.80. The molecule has 0 bridgehead atoms. The van der Waals surface area contributed by atoms with E-state index in [4.69, 9.17) is 0 Å². The second-order valence-electron chi connectivity index (χ2n) is 6.36. The molecule has 0 amide bonds. The fourth-order valence-corrected chi connectivity index (χ4v) is 1.19. The molecule has 0 aliphatic heterocycles. The van der Waals surface area contributed by atoms with Crippen molar-refractivity contribution in [3.8, 4) is 0 Å². The second kappa shape index (κ2) is 23.6. The Balaban J connectivity index is -0.000000122. The third-order valence-electron chi connectivity index (χ3n) is 2.55. The second-order valence-corrected chi connectivity index (χ2v) is 6.36. The Bertz CT molecular complexity index is 792. The number of carbonyl (C=O) groups is 12. The molecule has 0 aliphatic carbocycles. The van der Waals surface area contributed by atoms with Gasteiger partial charge in [-0.3, -0.25) is 38.4 Å². The van der Waals surface area contributed by atoms with Gasteiger partial charge in [-0.05, 0) is 27.7 Å². The van der Waals surface area contributed by atoms with E-state index in [9.17, 15) is 78.0 Å². The normalized spacial score (nSPS) is 8.32. The molecular formula is C20H20O16V. The maximum Gasteiger partial charge on any atom is 4.00 e. The van der Waals surface area contributed by atoms with E-state index in [1.807, 2.05) is 0 Å². The Kier molecular flexibility index (Phi) is 27.3. The van der Waals surface area contributed by atoms with Crippen LogP contribution in [0, 0.1) is 0 Å². The monoisotopic (exact) mass is 567 g/mol.